The topological polar surface area (TPSA) is 105 Å². The molecule has 1 aromatic heterocycles. The molecule has 2 aromatic carbocycles. The van der Waals surface area contributed by atoms with Gasteiger partial charge in [0, 0.05) is 17.3 Å². The number of rotatable bonds is 6. The van der Waals surface area contributed by atoms with E-state index in [1.54, 1.807) is 24.3 Å². The van der Waals surface area contributed by atoms with Crippen LogP contribution in [0.2, 0.25) is 5.02 Å². The van der Waals surface area contributed by atoms with Crippen LogP contribution in [0.4, 0.5) is 15.8 Å². The lowest BCUT2D eigenvalue weighted by Gasteiger charge is -2.29. The van der Waals surface area contributed by atoms with Gasteiger partial charge in [-0.05, 0) is 69.4 Å². The highest BCUT2D eigenvalue weighted by Gasteiger charge is 2.20. The maximum absolute atomic E-state index is 14.3. The predicted molar refractivity (Wildman–Crippen MR) is 125 cm³/mol. The fraction of sp³-hybridized carbons (Fsp3) is 0.261. The van der Waals surface area contributed by atoms with Crippen molar-refractivity contribution in [2.24, 2.45) is 5.73 Å². The Hall–Kier alpha value is -3.43. The van der Waals surface area contributed by atoms with Crippen molar-refractivity contribution in [2.45, 2.75) is 18.9 Å². The number of hydrogen-bond donors (Lipinski definition) is 3. The lowest BCUT2D eigenvalue weighted by Crippen LogP contribution is -2.43. The van der Waals surface area contributed by atoms with E-state index in [0.29, 0.717) is 11.3 Å². The summed E-state index contributed by atoms with van der Waals surface area (Å²) in [6, 6.07) is 11.2. The van der Waals surface area contributed by atoms with Gasteiger partial charge < -0.3 is 21.3 Å². The van der Waals surface area contributed by atoms with Gasteiger partial charge in [-0.1, -0.05) is 17.7 Å². The SMILES string of the molecule is CN1CCC(NC(=O)c2ccc(Nc3cn(-c4c(F)cccc4Cl)nc3C(N)=O)cc2)CC1. The monoisotopic (exact) mass is 470 g/mol. The van der Waals surface area contributed by atoms with Gasteiger partial charge in [-0.3, -0.25) is 9.59 Å². The van der Waals surface area contributed by atoms with Gasteiger partial charge in [0.25, 0.3) is 11.8 Å². The number of hydrogen-bond acceptors (Lipinski definition) is 5. The summed E-state index contributed by atoms with van der Waals surface area (Å²) in [6.45, 7) is 1.92. The predicted octanol–water partition coefficient (Wildman–Crippen LogP) is 3.33. The first-order valence-corrected chi connectivity index (χ1v) is 10.9. The maximum Gasteiger partial charge on any atom is 0.271 e. The summed E-state index contributed by atoms with van der Waals surface area (Å²) in [5, 5.41) is 10.4. The zero-order valence-electron chi connectivity index (χ0n) is 18.0. The molecule has 2 amide bonds. The molecule has 4 N–H and O–H groups in total. The van der Waals surface area contributed by atoms with Crippen molar-refractivity contribution in [3.05, 3.63) is 70.8 Å². The molecule has 2 heterocycles. The Balaban J connectivity index is 1.50. The van der Waals surface area contributed by atoms with E-state index in [4.69, 9.17) is 17.3 Å². The Labute approximate surface area is 195 Å². The molecule has 4 rings (SSSR count). The zero-order valence-corrected chi connectivity index (χ0v) is 18.8. The van der Waals surface area contributed by atoms with Gasteiger partial charge in [0.1, 0.15) is 11.5 Å². The van der Waals surface area contributed by atoms with Gasteiger partial charge in [0.2, 0.25) is 0 Å². The molecule has 1 saturated heterocycles. The van der Waals surface area contributed by atoms with E-state index in [2.05, 4.69) is 27.7 Å². The number of carbonyl (C=O) groups is 2. The number of nitrogens with zero attached hydrogens (tertiary/aromatic N) is 3. The minimum Gasteiger partial charge on any atom is -0.364 e. The molecule has 0 unspecified atom stereocenters. The second kappa shape index (κ2) is 9.60. The van der Waals surface area contributed by atoms with E-state index in [1.165, 1.54) is 29.1 Å². The first-order chi connectivity index (χ1) is 15.8. The molecule has 0 spiro atoms. The number of nitrogens with two attached hydrogens (primary N) is 1. The summed E-state index contributed by atoms with van der Waals surface area (Å²) in [4.78, 5) is 26.7. The second-order valence-corrected chi connectivity index (χ2v) is 8.43. The van der Waals surface area contributed by atoms with Crippen molar-refractivity contribution in [1.29, 1.82) is 0 Å². The summed E-state index contributed by atoms with van der Waals surface area (Å²) in [6.07, 6.45) is 3.28. The van der Waals surface area contributed by atoms with Crippen molar-refractivity contribution in [1.82, 2.24) is 20.0 Å². The van der Waals surface area contributed by atoms with Gasteiger partial charge in [0.05, 0.1) is 16.9 Å². The van der Waals surface area contributed by atoms with E-state index in [-0.39, 0.29) is 34.0 Å². The van der Waals surface area contributed by atoms with Gasteiger partial charge >= 0.3 is 0 Å². The molecule has 0 bridgehead atoms. The molecule has 3 aromatic rings. The van der Waals surface area contributed by atoms with Crippen molar-refractivity contribution in [2.75, 3.05) is 25.5 Å². The Bertz CT molecular complexity index is 1150. The highest BCUT2D eigenvalue weighted by molar-refractivity contribution is 6.32. The summed E-state index contributed by atoms with van der Waals surface area (Å²) in [5.74, 6) is -1.50. The Morgan fingerprint density at radius 2 is 1.85 bits per heavy atom. The van der Waals surface area contributed by atoms with Crippen molar-refractivity contribution in [3.8, 4) is 5.69 Å². The maximum atomic E-state index is 14.3. The average Bonchev–Trinajstić information content (AvgIpc) is 3.19. The van der Waals surface area contributed by atoms with Crippen LogP contribution in [0.1, 0.15) is 33.7 Å². The number of likely N-dealkylation sites (tertiary alicyclic amines) is 1. The molecule has 10 heteroatoms. The average molecular weight is 471 g/mol. The highest BCUT2D eigenvalue weighted by Crippen LogP contribution is 2.27. The Morgan fingerprint density at radius 1 is 1.15 bits per heavy atom. The summed E-state index contributed by atoms with van der Waals surface area (Å²) in [5.41, 5.74) is 6.82. The first kappa shape index (κ1) is 22.8. The van der Waals surface area contributed by atoms with Crippen LogP contribution in [0.25, 0.3) is 5.69 Å². The Morgan fingerprint density at radius 3 is 2.48 bits per heavy atom. The van der Waals surface area contributed by atoms with Gasteiger partial charge in [-0.2, -0.15) is 5.10 Å². The van der Waals surface area contributed by atoms with Crippen LogP contribution >= 0.6 is 11.6 Å². The van der Waals surface area contributed by atoms with Crippen molar-refractivity contribution >= 4 is 34.8 Å². The largest absolute Gasteiger partial charge is 0.364 e. The number of primary amides is 1. The van der Waals surface area contributed by atoms with E-state index in [9.17, 15) is 14.0 Å². The van der Waals surface area contributed by atoms with Gasteiger partial charge in [-0.25, -0.2) is 9.07 Å². The number of halogens is 2. The van der Waals surface area contributed by atoms with Crippen LogP contribution in [0.5, 0.6) is 0 Å². The molecule has 0 radical (unpaired) electrons. The molecule has 172 valence electrons. The van der Waals surface area contributed by atoms with E-state index in [1.807, 2.05) is 0 Å². The fourth-order valence-electron chi connectivity index (χ4n) is 3.75. The van der Waals surface area contributed by atoms with Crippen LogP contribution in [-0.4, -0.2) is 52.7 Å². The molecular formula is C23H24ClFN6O2. The third-order valence-corrected chi connectivity index (χ3v) is 5.90. The Kier molecular flexibility index (Phi) is 6.62. The van der Waals surface area contributed by atoms with Crippen LogP contribution in [0.3, 0.4) is 0 Å². The smallest absolute Gasteiger partial charge is 0.271 e. The summed E-state index contributed by atoms with van der Waals surface area (Å²) < 4.78 is 15.5. The minimum atomic E-state index is -0.780. The number of amides is 2. The number of carbonyl (C=O) groups excluding carboxylic acids is 2. The van der Waals surface area contributed by atoms with Crippen LogP contribution < -0.4 is 16.4 Å². The number of para-hydroxylation sites is 1. The van der Waals surface area contributed by atoms with Crippen LogP contribution in [0, 0.1) is 5.82 Å². The normalized spacial score (nSPS) is 14.8. The van der Waals surface area contributed by atoms with Crippen LogP contribution in [-0.2, 0) is 0 Å². The van der Waals surface area contributed by atoms with E-state index in [0.717, 1.165) is 25.9 Å². The lowest BCUT2D eigenvalue weighted by atomic mass is 10.0. The fourth-order valence-corrected chi connectivity index (χ4v) is 4.00. The molecule has 1 aliphatic heterocycles. The molecule has 33 heavy (non-hydrogen) atoms. The number of benzene rings is 2. The quantitative estimate of drug-likeness (QED) is 0.512. The van der Waals surface area contributed by atoms with E-state index < -0.39 is 11.7 Å². The van der Waals surface area contributed by atoms with E-state index >= 15 is 0 Å². The minimum absolute atomic E-state index is 0.00985. The molecule has 0 atom stereocenters. The van der Waals surface area contributed by atoms with Crippen LogP contribution in [0.15, 0.2) is 48.7 Å². The number of anilines is 2. The standard InChI is InChI=1S/C23H24ClFN6O2/c1-30-11-9-16(10-12-30)28-23(33)14-5-7-15(8-6-14)27-19-13-31(29-20(19)22(26)32)21-17(24)3-2-4-18(21)25/h2-8,13,16,27H,9-12H2,1H3,(H2,26,32)(H,28,33). The molecule has 1 aliphatic rings. The number of piperidine rings is 1. The highest BCUT2D eigenvalue weighted by atomic mass is 35.5. The van der Waals surface area contributed by atoms with Crippen molar-refractivity contribution < 1.29 is 14.0 Å². The molecule has 8 nitrogen and oxygen atoms in total. The summed E-state index contributed by atoms with van der Waals surface area (Å²) in [7, 11) is 2.07. The summed E-state index contributed by atoms with van der Waals surface area (Å²) >= 11 is 6.11. The lowest BCUT2D eigenvalue weighted by molar-refractivity contribution is 0.0916. The number of nitrogens with one attached hydrogen (secondary N) is 2. The third kappa shape index (κ3) is 5.15. The second-order valence-electron chi connectivity index (χ2n) is 8.02. The molecular weight excluding hydrogens is 447 g/mol. The molecule has 0 aliphatic carbocycles. The zero-order chi connectivity index (χ0) is 23.5. The third-order valence-electron chi connectivity index (χ3n) is 5.59. The number of aromatic nitrogens is 2. The molecule has 1 fully saturated rings. The van der Waals surface area contributed by atoms with Crippen molar-refractivity contribution in [3.63, 3.8) is 0 Å². The first-order valence-electron chi connectivity index (χ1n) is 10.5. The van der Waals surface area contributed by atoms with Gasteiger partial charge in [0.15, 0.2) is 5.69 Å². The van der Waals surface area contributed by atoms with Gasteiger partial charge in [-0.15, -0.1) is 0 Å². The molecule has 0 saturated carbocycles.